The smallest absolute Gasteiger partial charge is 0.407 e. The predicted molar refractivity (Wildman–Crippen MR) is 47.4 cm³/mol. The molecule has 0 heterocycles. The van der Waals surface area contributed by atoms with Crippen LogP contribution >= 0.6 is 0 Å². The zero-order valence-corrected chi connectivity index (χ0v) is 8.00. The van der Waals surface area contributed by atoms with Crippen molar-refractivity contribution in [2.75, 3.05) is 7.11 Å². The standard InChI is InChI=1S/C9H15NO3/c1-6(11)7-4-3-5-8(7)10-9(12)13-2/h7-8H,3-5H2,1-2H3,(H,10,12). The number of carbonyl (C=O) groups is 2. The fourth-order valence-corrected chi connectivity index (χ4v) is 1.83. The van der Waals surface area contributed by atoms with Crippen LogP contribution in [0.2, 0.25) is 0 Å². The van der Waals surface area contributed by atoms with Gasteiger partial charge in [-0.2, -0.15) is 0 Å². The molecule has 0 saturated heterocycles. The molecule has 1 N–H and O–H groups in total. The van der Waals surface area contributed by atoms with Gasteiger partial charge in [-0.3, -0.25) is 4.79 Å². The first kappa shape index (κ1) is 10.0. The fourth-order valence-electron chi connectivity index (χ4n) is 1.83. The summed E-state index contributed by atoms with van der Waals surface area (Å²) in [5.74, 6) is 0.137. The van der Waals surface area contributed by atoms with Gasteiger partial charge in [-0.15, -0.1) is 0 Å². The van der Waals surface area contributed by atoms with E-state index in [9.17, 15) is 9.59 Å². The van der Waals surface area contributed by atoms with E-state index in [-0.39, 0.29) is 17.7 Å². The quantitative estimate of drug-likeness (QED) is 0.700. The number of ketones is 1. The molecule has 4 heteroatoms. The van der Waals surface area contributed by atoms with E-state index in [1.165, 1.54) is 7.11 Å². The number of Topliss-reactive ketones (excluding diaryl/α,β-unsaturated/α-hetero) is 1. The molecule has 13 heavy (non-hydrogen) atoms. The van der Waals surface area contributed by atoms with Crippen LogP contribution in [0.25, 0.3) is 0 Å². The molecule has 2 atom stereocenters. The summed E-state index contributed by atoms with van der Waals surface area (Å²) in [4.78, 5) is 22.0. The van der Waals surface area contributed by atoms with E-state index in [1.807, 2.05) is 0 Å². The number of hydrogen-bond donors (Lipinski definition) is 1. The molecule has 1 aliphatic carbocycles. The van der Waals surface area contributed by atoms with E-state index in [2.05, 4.69) is 10.1 Å². The zero-order valence-electron chi connectivity index (χ0n) is 8.00. The molecule has 4 nitrogen and oxygen atoms in total. The monoisotopic (exact) mass is 185 g/mol. The number of rotatable bonds is 2. The Labute approximate surface area is 77.6 Å². The Morgan fingerprint density at radius 2 is 2.08 bits per heavy atom. The van der Waals surface area contributed by atoms with Crippen molar-refractivity contribution in [3.8, 4) is 0 Å². The molecule has 0 aliphatic heterocycles. The van der Waals surface area contributed by atoms with Crippen LogP contribution in [0.15, 0.2) is 0 Å². The highest BCUT2D eigenvalue weighted by Crippen LogP contribution is 2.26. The molecule has 0 aromatic rings. The van der Waals surface area contributed by atoms with Gasteiger partial charge in [0.05, 0.1) is 7.11 Å². The van der Waals surface area contributed by atoms with Crippen LogP contribution in [0.3, 0.4) is 0 Å². The summed E-state index contributed by atoms with van der Waals surface area (Å²) in [7, 11) is 1.33. The van der Waals surface area contributed by atoms with Crippen molar-refractivity contribution in [1.82, 2.24) is 5.32 Å². The molecule has 0 bridgehead atoms. The first-order chi connectivity index (χ1) is 6.15. The van der Waals surface area contributed by atoms with Crippen molar-refractivity contribution in [1.29, 1.82) is 0 Å². The van der Waals surface area contributed by atoms with Gasteiger partial charge in [0.15, 0.2) is 0 Å². The topological polar surface area (TPSA) is 55.4 Å². The molecule has 1 rings (SSSR count). The molecule has 0 aromatic heterocycles. The molecule has 0 radical (unpaired) electrons. The van der Waals surface area contributed by atoms with Crippen LogP contribution in [0.5, 0.6) is 0 Å². The van der Waals surface area contributed by atoms with Gasteiger partial charge in [-0.05, 0) is 19.8 Å². The maximum absolute atomic E-state index is 11.1. The molecular weight excluding hydrogens is 170 g/mol. The first-order valence-corrected chi connectivity index (χ1v) is 4.50. The molecule has 1 saturated carbocycles. The SMILES string of the molecule is COC(=O)NC1CCCC1C(C)=O. The molecule has 0 spiro atoms. The van der Waals surface area contributed by atoms with E-state index in [0.29, 0.717) is 0 Å². The largest absolute Gasteiger partial charge is 0.453 e. The molecule has 2 unspecified atom stereocenters. The summed E-state index contributed by atoms with van der Waals surface area (Å²) in [6, 6.07) is -0.0232. The number of carbonyl (C=O) groups excluding carboxylic acids is 2. The molecule has 1 amide bonds. The van der Waals surface area contributed by atoms with Crippen molar-refractivity contribution < 1.29 is 14.3 Å². The summed E-state index contributed by atoms with van der Waals surface area (Å²) in [5.41, 5.74) is 0. The van der Waals surface area contributed by atoms with Crippen LogP contribution in [-0.4, -0.2) is 25.0 Å². The maximum Gasteiger partial charge on any atom is 0.407 e. The lowest BCUT2D eigenvalue weighted by Gasteiger charge is -2.17. The van der Waals surface area contributed by atoms with Crippen LogP contribution in [0.1, 0.15) is 26.2 Å². The summed E-state index contributed by atoms with van der Waals surface area (Å²) in [6.07, 6.45) is 2.31. The Morgan fingerprint density at radius 1 is 1.38 bits per heavy atom. The van der Waals surface area contributed by atoms with Crippen LogP contribution in [-0.2, 0) is 9.53 Å². The number of alkyl carbamates (subject to hydrolysis) is 1. The Morgan fingerprint density at radius 3 is 2.62 bits per heavy atom. The fraction of sp³-hybridized carbons (Fsp3) is 0.778. The van der Waals surface area contributed by atoms with Gasteiger partial charge < -0.3 is 10.1 Å². The first-order valence-electron chi connectivity index (χ1n) is 4.50. The minimum atomic E-state index is -0.446. The highest BCUT2D eigenvalue weighted by Gasteiger charge is 2.31. The third-order valence-corrected chi connectivity index (χ3v) is 2.53. The highest BCUT2D eigenvalue weighted by atomic mass is 16.5. The molecule has 74 valence electrons. The molecule has 1 fully saturated rings. The van der Waals surface area contributed by atoms with Gasteiger partial charge in [0.2, 0.25) is 0 Å². The Balaban J connectivity index is 2.48. The van der Waals surface area contributed by atoms with E-state index in [4.69, 9.17) is 0 Å². The lowest BCUT2D eigenvalue weighted by atomic mass is 10.00. The lowest BCUT2D eigenvalue weighted by molar-refractivity contribution is -0.121. The van der Waals surface area contributed by atoms with Crippen LogP contribution in [0.4, 0.5) is 4.79 Å². The second-order valence-corrected chi connectivity index (χ2v) is 3.39. The van der Waals surface area contributed by atoms with E-state index in [0.717, 1.165) is 19.3 Å². The summed E-state index contributed by atoms with van der Waals surface area (Å²) in [6.45, 7) is 1.57. The van der Waals surface area contributed by atoms with Gasteiger partial charge in [0.1, 0.15) is 5.78 Å². The lowest BCUT2D eigenvalue weighted by Crippen LogP contribution is -2.39. The number of nitrogens with one attached hydrogen (secondary N) is 1. The Hall–Kier alpha value is -1.06. The molecular formula is C9H15NO3. The van der Waals surface area contributed by atoms with E-state index < -0.39 is 6.09 Å². The number of ether oxygens (including phenoxy) is 1. The second-order valence-electron chi connectivity index (χ2n) is 3.39. The third kappa shape index (κ3) is 2.44. The Bertz CT molecular complexity index is 215. The maximum atomic E-state index is 11.1. The van der Waals surface area contributed by atoms with Crippen molar-refractivity contribution in [2.24, 2.45) is 5.92 Å². The number of hydrogen-bond acceptors (Lipinski definition) is 3. The Kier molecular flexibility index (Phi) is 3.28. The minimum absolute atomic E-state index is 0.0147. The second kappa shape index (κ2) is 4.25. The van der Waals surface area contributed by atoms with E-state index in [1.54, 1.807) is 6.92 Å². The van der Waals surface area contributed by atoms with Crippen molar-refractivity contribution in [3.63, 3.8) is 0 Å². The summed E-state index contributed by atoms with van der Waals surface area (Å²) in [5, 5.41) is 2.68. The highest BCUT2D eigenvalue weighted by molar-refractivity contribution is 5.80. The van der Waals surface area contributed by atoms with Crippen molar-refractivity contribution in [3.05, 3.63) is 0 Å². The van der Waals surface area contributed by atoms with Crippen LogP contribution in [0, 0.1) is 5.92 Å². The van der Waals surface area contributed by atoms with Crippen molar-refractivity contribution in [2.45, 2.75) is 32.2 Å². The predicted octanol–water partition coefficient (Wildman–Crippen LogP) is 1.10. The van der Waals surface area contributed by atoms with Gasteiger partial charge in [-0.1, -0.05) is 6.42 Å². The van der Waals surface area contributed by atoms with Crippen molar-refractivity contribution >= 4 is 11.9 Å². The average molecular weight is 185 g/mol. The average Bonchev–Trinajstić information content (AvgIpc) is 2.52. The van der Waals surface area contributed by atoms with Gasteiger partial charge >= 0.3 is 6.09 Å². The summed E-state index contributed by atoms with van der Waals surface area (Å²) < 4.78 is 4.48. The van der Waals surface area contributed by atoms with Crippen LogP contribution < -0.4 is 5.32 Å². The van der Waals surface area contributed by atoms with Gasteiger partial charge in [-0.25, -0.2) is 4.79 Å². The minimum Gasteiger partial charge on any atom is -0.453 e. The number of amides is 1. The number of methoxy groups -OCH3 is 1. The third-order valence-electron chi connectivity index (χ3n) is 2.53. The molecule has 0 aromatic carbocycles. The zero-order chi connectivity index (χ0) is 9.84. The van der Waals surface area contributed by atoms with Gasteiger partial charge in [0, 0.05) is 12.0 Å². The van der Waals surface area contributed by atoms with Gasteiger partial charge in [0.25, 0.3) is 0 Å². The summed E-state index contributed by atoms with van der Waals surface area (Å²) >= 11 is 0. The van der Waals surface area contributed by atoms with E-state index >= 15 is 0 Å². The normalized spacial score (nSPS) is 26.9. The molecule has 1 aliphatic rings.